The Labute approximate surface area is 164 Å². The molecule has 3 heterocycles. The molecule has 0 unspecified atom stereocenters. The van der Waals surface area contributed by atoms with Gasteiger partial charge in [0.1, 0.15) is 19.2 Å². The summed E-state index contributed by atoms with van der Waals surface area (Å²) in [6.07, 6.45) is 3.01. The summed E-state index contributed by atoms with van der Waals surface area (Å²) in [7, 11) is 0. The molecule has 0 saturated carbocycles. The minimum Gasteiger partial charge on any atom is -0.332 e. The lowest BCUT2D eigenvalue weighted by molar-refractivity contribution is 0.416. The predicted molar refractivity (Wildman–Crippen MR) is 104 cm³/mol. The second-order valence-electron chi connectivity index (χ2n) is 6.45. The minimum atomic E-state index is -0.171. The second-order valence-corrected chi connectivity index (χ2v) is 6.45. The van der Waals surface area contributed by atoms with Crippen LogP contribution < -0.4 is 5.56 Å². The van der Waals surface area contributed by atoms with Gasteiger partial charge in [-0.25, -0.2) is 14.3 Å². The highest BCUT2D eigenvalue weighted by molar-refractivity contribution is 5.91. The normalized spacial score (nSPS) is 11.2. The summed E-state index contributed by atoms with van der Waals surface area (Å²) in [4.78, 5) is 21.3. The smallest absolute Gasteiger partial charge is 0.279 e. The SMILES string of the molecule is O=c1c2ccccc2c(-c2nc(Cn3cncn3)no2)nn1Cc1ccccc1. The molecular weight excluding hydrogens is 370 g/mol. The molecule has 9 nitrogen and oxygen atoms in total. The van der Waals surface area contributed by atoms with Gasteiger partial charge in [-0.3, -0.25) is 4.79 Å². The zero-order valence-electron chi connectivity index (χ0n) is 15.2. The number of rotatable bonds is 5. The van der Waals surface area contributed by atoms with Gasteiger partial charge < -0.3 is 4.52 Å². The van der Waals surface area contributed by atoms with Crippen LogP contribution in [0.25, 0.3) is 22.4 Å². The van der Waals surface area contributed by atoms with Crippen molar-refractivity contribution in [2.75, 3.05) is 0 Å². The maximum absolute atomic E-state index is 12.9. The highest BCUT2D eigenvalue weighted by Crippen LogP contribution is 2.23. The van der Waals surface area contributed by atoms with Crippen LogP contribution in [-0.2, 0) is 13.1 Å². The molecule has 9 heteroatoms. The van der Waals surface area contributed by atoms with Crippen LogP contribution in [-0.4, -0.2) is 34.7 Å². The van der Waals surface area contributed by atoms with Crippen LogP contribution in [0.5, 0.6) is 0 Å². The molecule has 0 saturated heterocycles. The molecule has 0 radical (unpaired) electrons. The van der Waals surface area contributed by atoms with Crippen LogP contribution in [0.3, 0.4) is 0 Å². The van der Waals surface area contributed by atoms with Gasteiger partial charge in [-0.1, -0.05) is 53.7 Å². The van der Waals surface area contributed by atoms with Gasteiger partial charge in [0.05, 0.1) is 11.9 Å². The number of nitrogens with zero attached hydrogens (tertiary/aromatic N) is 7. The standard InChI is InChI=1S/C20H15N7O2/c28-20-16-9-5-4-8-15(16)18(24-27(20)10-14-6-2-1-3-7-14)19-23-17(25-29-19)11-26-13-21-12-22-26/h1-9,12-13H,10-11H2. The van der Waals surface area contributed by atoms with Crippen molar-refractivity contribution >= 4 is 10.8 Å². The van der Waals surface area contributed by atoms with Crippen molar-refractivity contribution in [3.63, 3.8) is 0 Å². The van der Waals surface area contributed by atoms with E-state index in [2.05, 4.69) is 25.3 Å². The molecule has 0 bridgehead atoms. The Balaban J connectivity index is 1.60. The third-order valence-corrected chi connectivity index (χ3v) is 4.48. The lowest BCUT2D eigenvalue weighted by Crippen LogP contribution is -2.24. The summed E-state index contributed by atoms with van der Waals surface area (Å²) >= 11 is 0. The van der Waals surface area contributed by atoms with E-state index in [0.29, 0.717) is 35.4 Å². The second kappa shape index (κ2) is 7.12. The summed E-state index contributed by atoms with van der Waals surface area (Å²) in [5, 5.41) is 13.8. The molecule has 0 amide bonds. The Morgan fingerprint density at radius 1 is 0.931 bits per heavy atom. The Hall–Kier alpha value is -4.14. The first-order valence-corrected chi connectivity index (χ1v) is 8.97. The van der Waals surface area contributed by atoms with Gasteiger partial charge in [-0.2, -0.15) is 15.2 Å². The summed E-state index contributed by atoms with van der Waals surface area (Å²) in [5.74, 6) is 0.690. The predicted octanol–water partition coefficient (Wildman–Crippen LogP) is 2.13. The van der Waals surface area contributed by atoms with Gasteiger partial charge in [-0.15, -0.1) is 0 Å². The molecular formula is C20H15N7O2. The lowest BCUT2D eigenvalue weighted by Gasteiger charge is -2.09. The average molecular weight is 385 g/mol. The van der Waals surface area contributed by atoms with Crippen molar-refractivity contribution in [1.82, 2.24) is 34.7 Å². The monoisotopic (exact) mass is 385 g/mol. The first kappa shape index (κ1) is 17.0. The molecule has 0 fully saturated rings. The quantitative estimate of drug-likeness (QED) is 0.456. The fourth-order valence-electron chi connectivity index (χ4n) is 3.13. The zero-order chi connectivity index (χ0) is 19.6. The van der Waals surface area contributed by atoms with Crippen LogP contribution in [0.4, 0.5) is 0 Å². The Morgan fingerprint density at radius 2 is 1.72 bits per heavy atom. The molecule has 0 atom stereocenters. The van der Waals surface area contributed by atoms with E-state index in [1.54, 1.807) is 17.1 Å². The van der Waals surface area contributed by atoms with E-state index in [9.17, 15) is 4.79 Å². The van der Waals surface area contributed by atoms with Gasteiger partial charge >= 0.3 is 0 Å². The van der Waals surface area contributed by atoms with E-state index in [-0.39, 0.29) is 11.4 Å². The first-order valence-electron chi connectivity index (χ1n) is 8.97. The van der Waals surface area contributed by atoms with Crippen LogP contribution in [0.2, 0.25) is 0 Å². The molecule has 29 heavy (non-hydrogen) atoms. The first-order chi connectivity index (χ1) is 14.3. The fourth-order valence-corrected chi connectivity index (χ4v) is 3.13. The van der Waals surface area contributed by atoms with Crippen molar-refractivity contribution in [2.24, 2.45) is 0 Å². The van der Waals surface area contributed by atoms with Crippen molar-refractivity contribution < 1.29 is 4.52 Å². The number of hydrogen-bond acceptors (Lipinski definition) is 7. The Morgan fingerprint density at radius 3 is 2.52 bits per heavy atom. The highest BCUT2D eigenvalue weighted by Gasteiger charge is 2.18. The topological polar surface area (TPSA) is 105 Å². The van der Waals surface area contributed by atoms with Crippen LogP contribution in [0.1, 0.15) is 11.4 Å². The zero-order valence-corrected chi connectivity index (χ0v) is 15.2. The Bertz CT molecular complexity index is 1320. The number of hydrogen-bond donors (Lipinski definition) is 0. The molecule has 5 aromatic rings. The van der Waals surface area contributed by atoms with Crippen molar-refractivity contribution in [2.45, 2.75) is 13.1 Å². The number of benzene rings is 2. The molecule has 0 aliphatic heterocycles. The van der Waals surface area contributed by atoms with Gasteiger partial charge in [0.25, 0.3) is 11.4 Å². The van der Waals surface area contributed by atoms with Crippen molar-refractivity contribution in [3.05, 3.63) is 89.0 Å². The van der Waals surface area contributed by atoms with E-state index >= 15 is 0 Å². The maximum Gasteiger partial charge on any atom is 0.279 e. The van der Waals surface area contributed by atoms with Crippen LogP contribution >= 0.6 is 0 Å². The third kappa shape index (κ3) is 3.29. The van der Waals surface area contributed by atoms with E-state index in [4.69, 9.17) is 4.52 Å². The van der Waals surface area contributed by atoms with E-state index < -0.39 is 0 Å². The molecule has 2 aromatic carbocycles. The molecule has 0 aliphatic rings. The number of fused-ring (bicyclic) bond motifs is 1. The summed E-state index contributed by atoms with van der Waals surface area (Å²) in [6, 6.07) is 17.0. The van der Waals surface area contributed by atoms with Gasteiger partial charge in [0.2, 0.25) is 0 Å². The molecule has 0 N–H and O–H groups in total. The fraction of sp³-hybridized carbons (Fsp3) is 0.100. The van der Waals surface area contributed by atoms with Gasteiger partial charge in [0, 0.05) is 5.39 Å². The largest absolute Gasteiger partial charge is 0.332 e. The molecule has 0 aliphatic carbocycles. The van der Waals surface area contributed by atoms with E-state index in [1.807, 2.05) is 48.5 Å². The summed E-state index contributed by atoms with van der Waals surface area (Å²) < 4.78 is 8.47. The van der Waals surface area contributed by atoms with Crippen molar-refractivity contribution in [1.29, 1.82) is 0 Å². The minimum absolute atomic E-state index is 0.171. The van der Waals surface area contributed by atoms with Crippen LogP contribution in [0.15, 0.2) is 76.6 Å². The van der Waals surface area contributed by atoms with Gasteiger partial charge in [0.15, 0.2) is 11.5 Å². The van der Waals surface area contributed by atoms with E-state index in [1.165, 1.54) is 11.0 Å². The lowest BCUT2D eigenvalue weighted by atomic mass is 10.1. The summed E-state index contributed by atoms with van der Waals surface area (Å²) in [5.41, 5.74) is 1.27. The molecule has 0 spiro atoms. The molecule has 142 valence electrons. The molecule has 3 aromatic heterocycles. The van der Waals surface area contributed by atoms with Crippen molar-refractivity contribution in [3.8, 4) is 11.6 Å². The van der Waals surface area contributed by atoms with Gasteiger partial charge in [-0.05, 0) is 11.6 Å². The van der Waals surface area contributed by atoms with E-state index in [0.717, 1.165) is 5.56 Å². The number of aromatic nitrogens is 7. The third-order valence-electron chi connectivity index (χ3n) is 4.48. The highest BCUT2D eigenvalue weighted by atomic mass is 16.5. The maximum atomic E-state index is 12.9. The van der Waals surface area contributed by atoms with Crippen LogP contribution in [0, 0.1) is 0 Å². The molecule has 5 rings (SSSR count). The Kier molecular flexibility index (Phi) is 4.17. The average Bonchev–Trinajstić information content (AvgIpc) is 3.44. The summed E-state index contributed by atoms with van der Waals surface area (Å²) in [6.45, 7) is 0.669.